The molecule has 32 heavy (non-hydrogen) atoms. The fourth-order valence-corrected chi connectivity index (χ4v) is 3.94. The van der Waals surface area contributed by atoms with Gasteiger partial charge in [0.05, 0.1) is 12.6 Å². The standard InChI is InChI=1S/C26H38N4O.HI/c1-4-27-26(28-17-21(3)24-7-5-6-20(2)16-24)29-18-22-8-10-23(11-9-22)19-30-14-12-25(31)13-15-30;/h5-11,16,21,25,31H,4,12-15,17-19H2,1-3H3,(H2,27,28,29);1H. The maximum absolute atomic E-state index is 9.66. The smallest absolute Gasteiger partial charge is 0.191 e. The number of likely N-dealkylation sites (tertiary alicyclic amines) is 1. The number of aliphatic hydroxyl groups is 1. The molecule has 0 aromatic heterocycles. The Morgan fingerprint density at radius 1 is 1.09 bits per heavy atom. The summed E-state index contributed by atoms with van der Waals surface area (Å²) >= 11 is 0. The highest BCUT2D eigenvalue weighted by Crippen LogP contribution is 2.16. The number of aryl methyl sites for hydroxylation is 1. The van der Waals surface area contributed by atoms with Gasteiger partial charge < -0.3 is 15.7 Å². The van der Waals surface area contributed by atoms with E-state index in [1.54, 1.807) is 0 Å². The predicted molar refractivity (Wildman–Crippen MR) is 145 cm³/mol. The van der Waals surface area contributed by atoms with Crippen molar-refractivity contribution in [2.45, 2.75) is 58.7 Å². The minimum atomic E-state index is -0.115. The van der Waals surface area contributed by atoms with Crippen molar-refractivity contribution in [2.24, 2.45) is 4.99 Å². The van der Waals surface area contributed by atoms with Gasteiger partial charge in [-0.05, 0) is 49.3 Å². The van der Waals surface area contributed by atoms with Gasteiger partial charge in [0.1, 0.15) is 0 Å². The molecule has 2 aromatic rings. The lowest BCUT2D eigenvalue weighted by atomic mass is 9.99. The first-order valence-electron chi connectivity index (χ1n) is 11.6. The van der Waals surface area contributed by atoms with Crippen molar-refractivity contribution in [1.29, 1.82) is 0 Å². The van der Waals surface area contributed by atoms with Crippen LogP contribution in [0.5, 0.6) is 0 Å². The summed E-state index contributed by atoms with van der Waals surface area (Å²) in [6.07, 6.45) is 1.65. The molecule has 3 N–H and O–H groups in total. The van der Waals surface area contributed by atoms with E-state index in [1.165, 1.54) is 22.3 Å². The van der Waals surface area contributed by atoms with E-state index in [0.717, 1.165) is 51.5 Å². The van der Waals surface area contributed by atoms with Crippen LogP contribution in [0.15, 0.2) is 53.5 Å². The first-order valence-corrected chi connectivity index (χ1v) is 11.6. The van der Waals surface area contributed by atoms with Crippen LogP contribution in [0, 0.1) is 6.92 Å². The van der Waals surface area contributed by atoms with Gasteiger partial charge in [-0.25, -0.2) is 4.99 Å². The summed E-state index contributed by atoms with van der Waals surface area (Å²) in [5.74, 6) is 1.27. The fourth-order valence-electron chi connectivity index (χ4n) is 3.94. The van der Waals surface area contributed by atoms with E-state index >= 15 is 0 Å². The zero-order chi connectivity index (χ0) is 22.1. The Bertz CT molecular complexity index is 832. The first-order chi connectivity index (χ1) is 15.0. The molecule has 1 fully saturated rings. The first kappa shape index (κ1) is 26.6. The second kappa shape index (κ2) is 13.8. The van der Waals surface area contributed by atoms with Crippen LogP contribution in [0.2, 0.25) is 0 Å². The fraction of sp³-hybridized carbons (Fsp3) is 0.500. The molecule has 0 spiro atoms. The van der Waals surface area contributed by atoms with E-state index in [2.05, 4.69) is 84.8 Å². The molecule has 0 saturated carbocycles. The Kier molecular flexibility index (Phi) is 11.5. The molecule has 2 aromatic carbocycles. The second-order valence-corrected chi connectivity index (χ2v) is 8.72. The highest BCUT2D eigenvalue weighted by Gasteiger charge is 2.16. The van der Waals surface area contributed by atoms with Gasteiger partial charge >= 0.3 is 0 Å². The number of nitrogens with one attached hydrogen (secondary N) is 2. The maximum Gasteiger partial charge on any atom is 0.191 e. The molecular weight excluding hydrogens is 511 g/mol. The Balaban J connectivity index is 0.00000363. The van der Waals surface area contributed by atoms with Gasteiger partial charge in [0.2, 0.25) is 0 Å². The molecule has 1 saturated heterocycles. The van der Waals surface area contributed by atoms with Crippen molar-refractivity contribution >= 4 is 29.9 Å². The minimum Gasteiger partial charge on any atom is -0.393 e. The highest BCUT2D eigenvalue weighted by molar-refractivity contribution is 14.0. The van der Waals surface area contributed by atoms with Gasteiger partial charge in [-0.3, -0.25) is 4.90 Å². The number of aliphatic imine (C=N–C) groups is 1. The van der Waals surface area contributed by atoms with Crippen LogP contribution in [0.1, 0.15) is 54.9 Å². The predicted octanol–water partition coefficient (Wildman–Crippen LogP) is 4.43. The number of hydrogen-bond acceptors (Lipinski definition) is 3. The molecule has 176 valence electrons. The Labute approximate surface area is 210 Å². The molecule has 1 atom stereocenters. The summed E-state index contributed by atoms with van der Waals surface area (Å²) in [6, 6.07) is 17.5. The van der Waals surface area contributed by atoms with Crippen molar-refractivity contribution < 1.29 is 5.11 Å². The summed E-state index contributed by atoms with van der Waals surface area (Å²) in [4.78, 5) is 7.20. The molecule has 6 heteroatoms. The normalized spacial score (nSPS) is 16.3. The lowest BCUT2D eigenvalue weighted by Gasteiger charge is -2.29. The van der Waals surface area contributed by atoms with Crippen LogP contribution in [0.3, 0.4) is 0 Å². The zero-order valence-corrected chi connectivity index (χ0v) is 22.0. The number of piperidine rings is 1. The average Bonchev–Trinajstić information content (AvgIpc) is 2.78. The molecule has 1 aliphatic rings. The van der Waals surface area contributed by atoms with Gasteiger partial charge in [-0.2, -0.15) is 0 Å². The molecule has 1 heterocycles. The van der Waals surface area contributed by atoms with Crippen molar-refractivity contribution in [3.05, 3.63) is 70.8 Å². The van der Waals surface area contributed by atoms with Crippen LogP contribution in [-0.4, -0.2) is 48.2 Å². The number of halogens is 1. The lowest BCUT2D eigenvalue weighted by Crippen LogP contribution is -2.39. The quantitative estimate of drug-likeness (QED) is 0.259. The highest BCUT2D eigenvalue weighted by atomic mass is 127. The average molecular weight is 551 g/mol. The zero-order valence-electron chi connectivity index (χ0n) is 19.7. The molecule has 0 aliphatic carbocycles. The summed E-state index contributed by atoms with van der Waals surface area (Å²) in [7, 11) is 0. The maximum atomic E-state index is 9.66. The number of guanidine groups is 1. The Morgan fingerprint density at radius 2 is 1.78 bits per heavy atom. The number of rotatable bonds is 8. The van der Waals surface area contributed by atoms with Gasteiger partial charge in [0, 0.05) is 32.7 Å². The van der Waals surface area contributed by atoms with E-state index in [0.29, 0.717) is 12.5 Å². The van der Waals surface area contributed by atoms with Crippen molar-refractivity contribution in [3.8, 4) is 0 Å². The molecule has 0 bridgehead atoms. The van der Waals surface area contributed by atoms with Gasteiger partial charge in [-0.15, -0.1) is 24.0 Å². The third kappa shape index (κ3) is 8.71. The molecule has 0 amide bonds. The van der Waals surface area contributed by atoms with Gasteiger partial charge in [0.15, 0.2) is 5.96 Å². The Hall–Kier alpha value is -1.64. The van der Waals surface area contributed by atoms with Crippen LogP contribution in [0.4, 0.5) is 0 Å². The monoisotopic (exact) mass is 550 g/mol. The van der Waals surface area contributed by atoms with Crippen LogP contribution < -0.4 is 10.6 Å². The lowest BCUT2D eigenvalue weighted by molar-refractivity contribution is 0.0792. The van der Waals surface area contributed by atoms with Crippen LogP contribution in [-0.2, 0) is 13.1 Å². The van der Waals surface area contributed by atoms with E-state index in [4.69, 9.17) is 4.99 Å². The molecular formula is C26H39IN4O. The van der Waals surface area contributed by atoms with E-state index in [9.17, 15) is 5.11 Å². The number of nitrogens with zero attached hydrogens (tertiary/aromatic N) is 2. The molecule has 5 nitrogen and oxygen atoms in total. The number of hydrogen-bond donors (Lipinski definition) is 3. The minimum absolute atomic E-state index is 0. The summed E-state index contributed by atoms with van der Waals surface area (Å²) in [5.41, 5.74) is 5.18. The molecule has 1 unspecified atom stereocenters. The summed E-state index contributed by atoms with van der Waals surface area (Å²) < 4.78 is 0. The van der Waals surface area contributed by atoms with Crippen molar-refractivity contribution in [3.63, 3.8) is 0 Å². The van der Waals surface area contributed by atoms with E-state index < -0.39 is 0 Å². The SMILES string of the molecule is CCNC(=NCc1ccc(CN2CCC(O)CC2)cc1)NCC(C)c1cccc(C)c1.I. The summed E-state index contributed by atoms with van der Waals surface area (Å²) in [5, 5.41) is 16.5. The third-order valence-electron chi connectivity index (χ3n) is 5.94. The summed E-state index contributed by atoms with van der Waals surface area (Å²) in [6.45, 7) is 11.7. The van der Waals surface area contributed by atoms with Crippen molar-refractivity contribution in [1.82, 2.24) is 15.5 Å². The van der Waals surface area contributed by atoms with E-state index in [1.807, 2.05) is 0 Å². The largest absolute Gasteiger partial charge is 0.393 e. The molecule has 3 rings (SSSR count). The van der Waals surface area contributed by atoms with Gasteiger partial charge in [-0.1, -0.05) is 61.0 Å². The molecule has 1 aliphatic heterocycles. The molecule has 0 radical (unpaired) electrons. The van der Waals surface area contributed by atoms with Crippen LogP contribution >= 0.6 is 24.0 Å². The van der Waals surface area contributed by atoms with Gasteiger partial charge in [0.25, 0.3) is 0 Å². The van der Waals surface area contributed by atoms with Crippen molar-refractivity contribution in [2.75, 3.05) is 26.2 Å². The number of benzene rings is 2. The Morgan fingerprint density at radius 3 is 2.44 bits per heavy atom. The van der Waals surface area contributed by atoms with E-state index in [-0.39, 0.29) is 30.1 Å². The topological polar surface area (TPSA) is 59.9 Å². The third-order valence-corrected chi connectivity index (χ3v) is 5.94. The second-order valence-electron chi connectivity index (χ2n) is 8.72. The van der Waals surface area contributed by atoms with Crippen LogP contribution in [0.25, 0.3) is 0 Å². The number of aliphatic hydroxyl groups excluding tert-OH is 1.